The molecule has 4 heteroatoms. The number of pyridine rings is 1. The lowest BCUT2D eigenvalue weighted by Gasteiger charge is -2.11. The summed E-state index contributed by atoms with van der Waals surface area (Å²) in [6.07, 6.45) is 3.16. The zero-order valence-corrected chi connectivity index (χ0v) is 9.93. The minimum atomic E-state index is -0.316. The monoisotopic (exact) mass is 242 g/mol. The number of carbonyl (C=O) groups excluding carboxylic acids is 1. The normalized spacial score (nSPS) is 19.0. The van der Waals surface area contributed by atoms with E-state index in [1.807, 2.05) is 30.3 Å². The highest BCUT2D eigenvalue weighted by molar-refractivity contribution is 6.01. The van der Waals surface area contributed by atoms with Gasteiger partial charge in [0.1, 0.15) is 6.10 Å². The number of rotatable bonds is 2. The molecule has 1 aromatic carbocycles. The SMILES string of the molecule is O=C(Nc1cccc2cccnc12)C1CCCO1. The summed E-state index contributed by atoms with van der Waals surface area (Å²) in [6, 6.07) is 9.61. The number of nitrogens with zero attached hydrogens (tertiary/aromatic N) is 1. The van der Waals surface area contributed by atoms with Crippen LogP contribution in [0, 0.1) is 0 Å². The van der Waals surface area contributed by atoms with E-state index >= 15 is 0 Å². The van der Waals surface area contributed by atoms with Crippen LogP contribution < -0.4 is 5.32 Å². The summed E-state index contributed by atoms with van der Waals surface area (Å²) >= 11 is 0. The topological polar surface area (TPSA) is 51.2 Å². The van der Waals surface area contributed by atoms with Gasteiger partial charge in [-0.3, -0.25) is 9.78 Å². The van der Waals surface area contributed by atoms with Crippen LogP contribution in [0.25, 0.3) is 10.9 Å². The second kappa shape index (κ2) is 4.74. The number of carbonyl (C=O) groups is 1. The molecule has 1 atom stereocenters. The number of ether oxygens (including phenoxy) is 1. The van der Waals surface area contributed by atoms with Gasteiger partial charge in [-0.25, -0.2) is 0 Å². The van der Waals surface area contributed by atoms with Gasteiger partial charge in [-0.1, -0.05) is 18.2 Å². The third-order valence-electron chi connectivity index (χ3n) is 3.11. The van der Waals surface area contributed by atoms with Gasteiger partial charge in [-0.15, -0.1) is 0 Å². The molecule has 1 aliphatic rings. The van der Waals surface area contributed by atoms with Crippen LogP contribution in [0.1, 0.15) is 12.8 Å². The van der Waals surface area contributed by atoms with Gasteiger partial charge in [0.15, 0.2) is 0 Å². The summed E-state index contributed by atoms with van der Waals surface area (Å²) in [5.74, 6) is -0.0781. The maximum Gasteiger partial charge on any atom is 0.253 e. The zero-order valence-electron chi connectivity index (χ0n) is 9.93. The second-order valence-electron chi connectivity index (χ2n) is 4.37. The smallest absolute Gasteiger partial charge is 0.253 e. The van der Waals surface area contributed by atoms with E-state index in [0.717, 1.165) is 29.4 Å². The molecule has 0 aliphatic carbocycles. The number of para-hydroxylation sites is 1. The molecule has 0 radical (unpaired) electrons. The van der Waals surface area contributed by atoms with Crippen molar-refractivity contribution >= 4 is 22.5 Å². The minimum Gasteiger partial charge on any atom is -0.368 e. The molecule has 0 saturated carbocycles. The standard InChI is InChI=1S/C14H14N2O2/c17-14(12-7-3-9-18-12)16-11-6-1-4-10-5-2-8-15-13(10)11/h1-2,4-6,8,12H,3,7,9H2,(H,16,17). The van der Waals surface area contributed by atoms with Crippen LogP contribution in [0.2, 0.25) is 0 Å². The third kappa shape index (κ3) is 2.07. The molecule has 92 valence electrons. The number of benzene rings is 1. The highest BCUT2D eigenvalue weighted by Gasteiger charge is 2.23. The van der Waals surface area contributed by atoms with E-state index in [9.17, 15) is 4.79 Å². The predicted octanol–water partition coefficient (Wildman–Crippen LogP) is 2.35. The summed E-state index contributed by atoms with van der Waals surface area (Å²) in [5, 5.41) is 3.92. The molecule has 1 unspecified atom stereocenters. The van der Waals surface area contributed by atoms with E-state index in [1.165, 1.54) is 0 Å². The van der Waals surface area contributed by atoms with Gasteiger partial charge in [0, 0.05) is 18.2 Å². The van der Waals surface area contributed by atoms with Crippen LogP contribution in [0.3, 0.4) is 0 Å². The van der Waals surface area contributed by atoms with Crippen molar-refractivity contribution < 1.29 is 9.53 Å². The first-order valence-corrected chi connectivity index (χ1v) is 6.11. The molecule has 1 saturated heterocycles. The Kier molecular flexibility index (Phi) is 2.94. The molecular formula is C14H14N2O2. The lowest BCUT2D eigenvalue weighted by atomic mass is 10.1. The van der Waals surface area contributed by atoms with Crippen LogP contribution in [0.15, 0.2) is 36.5 Å². The van der Waals surface area contributed by atoms with Gasteiger partial charge >= 0.3 is 0 Å². The van der Waals surface area contributed by atoms with Gasteiger partial charge in [0.2, 0.25) is 0 Å². The van der Waals surface area contributed by atoms with Crippen molar-refractivity contribution in [3.05, 3.63) is 36.5 Å². The lowest BCUT2D eigenvalue weighted by Crippen LogP contribution is -2.26. The number of aromatic nitrogens is 1. The first-order valence-electron chi connectivity index (χ1n) is 6.11. The van der Waals surface area contributed by atoms with Crippen molar-refractivity contribution in [3.8, 4) is 0 Å². The fraction of sp³-hybridized carbons (Fsp3) is 0.286. The molecule has 3 rings (SSSR count). The Hall–Kier alpha value is -1.94. The van der Waals surface area contributed by atoms with Crippen molar-refractivity contribution in [2.75, 3.05) is 11.9 Å². The molecule has 2 aromatic rings. The van der Waals surface area contributed by atoms with E-state index in [0.29, 0.717) is 6.61 Å². The number of anilines is 1. The number of nitrogens with one attached hydrogen (secondary N) is 1. The van der Waals surface area contributed by atoms with E-state index in [1.54, 1.807) is 6.20 Å². The van der Waals surface area contributed by atoms with Crippen LogP contribution in [-0.2, 0) is 9.53 Å². The van der Waals surface area contributed by atoms with Crippen molar-refractivity contribution in [2.24, 2.45) is 0 Å². The largest absolute Gasteiger partial charge is 0.368 e. The Morgan fingerprint density at radius 1 is 1.33 bits per heavy atom. The Labute approximate surface area is 105 Å². The average molecular weight is 242 g/mol. The van der Waals surface area contributed by atoms with Crippen LogP contribution in [0.4, 0.5) is 5.69 Å². The van der Waals surface area contributed by atoms with Crippen molar-refractivity contribution in [3.63, 3.8) is 0 Å². The molecule has 4 nitrogen and oxygen atoms in total. The molecule has 1 aromatic heterocycles. The maximum absolute atomic E-state index is 12.0. The van der Waals surface area contributed by atoms with E-state index < -0.39 is 0 Å². The zero-order chi connectivity index (χ0) is 12.4. The van der Waals surface area contributed by atoms with Crippen LogP contribution in [0.5, 0.6) is 0 Å². The molecular weight excluding hydrogens is 228 g/mol. The van der Waals surface area contributed by atoms with Crippen molar-refractivity contribution in [2.45, 2.75) is 18.9 Å². The van der Waals surface area contributed by atoms with E-state index in [-0.39, 0.29) is 12.0 Å². The first kappa shape index (κ1) is 11.2. The Morgan fingerprint density at radius 2 is 2.22 bits per heavy atom. The summed E-state index contributed by atoms with van der Waals surface area (Å²) < 4.78 is 5.37. The molecule has 1 amide bonds. The Bertz CT molecular complexity index is 572. The number of hydrogen-bond acceptors (Lipinski definition) is 3. The van der Waals surface area contributed by atoms with Crippen molar-refractivity contribution in [1.82, 2.24) is 4.98 Å². The molecule has 1 fully saturated rings. The molecule has 0 spiro atoms. The fourth-order valence-electron chi connectivity index (χ4n) is 2.20. The Morgan fingerprint density at radius 3 is 3.06 bits per heavy atom. The third-order valence-corrected chi connectivity index (χ3v) is 3.11. The first-order chi connectivity index (χ1) is 8.84. The van der Waals surface area contributed by atoms with Gasteiger partial charge in [-0.05, 0) is 25.0 Å². The molecule has 2 heterocycles. The summed E-state index contributed by atoms with van der Waals surface area (Å²) in [5.41, 5.74) is 1.56. The predicted molar refractivity (Wildman–Crippen MR) is 69.3 cm³/mol. The maximum atomic E-state index is 12.0. The van der Waals surface area contributed by atoms with Gasteiger partial charge < -0.3 is 10.1 Å². The summed E-state index contributed by atoms with van der Waals surface area (Å²) in [7, 11) is 0. The second-order valence-corrected chi connectivity index (χ2v) is 4.37. The quantitative estimate of drug-likeness (QED) is 0.879. The highest BCUT2D eigenvalue weighted by atomic mass is 16.5. The molecule has 18 heavy (non-hydrogen) atoms. The molecule has 0 bridgehead atoms. The van der Waals surface area contributed by atoms with Gasteiger partial charge in [0.05, 0.1) is 11.2 Å². The molecule has 1 N–H and O–H groups in total. The van der Waals surface area contributed by atoms with Crippen LogP contribution >= 0.6 is 0 Å². The molecule has 1 aliphatic heterocycles. The van der Waals surface area contributed by atoms with Gasteiger partial charge in [-0.2, -0.15) is 0 Å². The average Bonchev–Trinajstić information content (AvgIpc) is 2.93. The summed E-state index contributed by atoms with van der Waals surface area (Å²) in [6.45, 7) is 0.672. The highest BCUT2D eigenvalue weighted by Crippen LogP contribution is 2.22. The number of fused-ring (bicyclic) bond motifs is 1. The fourth-order valence-corrected chi connectivity index (χ4v) is 2.20. The lowest BCUT2D eigenvalue weighted by molar-refractivity contribution is -0.124. The Balaban J connectivity index is 1.88. The van der Waals surface area contributed by atoms with Gasteiger partial charge in [0.25, 0.3) is 5.91 Å². The van der Waals surface area contributed by atoms with E-state index in [4.69, 9.17) is 4.74 Å². The minimum absolute atomic E-state index is 0.0781. The van der Waals surface area contributed by atoms with E-state index in [2.05, 4.69) is 10.3 Å². The van der Waals surface area contributed by atoms with Crippen molar-refractivity contribution in [1.29, 1.82) is 0 Å². The van der Waals surface area contributed by atoms with Crippen LogP contribution in [-0.4, -0.2) is 23.6 Å². The number of hydrogen-bond donors (Lipinski definition) is 1. The summed E-state index contributed by atoms with van der Waals surface area (Å²) in [4.78, 5) is 16.3. The number of amides is 1.